The van der Waals surface area contributed by atoms with Gasteiger partial charge in [0.1, 0.15) is 11.3 Å². The fraction of sp³-hybridized carbons (Fsp3) is 0.125. The van der Waals surface area contributed by atoms with Crippen molar-refractivity contribution >= 4 is 11.0 Å². The van der Waals surface area contributed by atoms with Gasteiger partial charge in [-0.05, 0) is 30.7 Å². The van der Waals surface area contributed by atoms with Crippen molar-refractivity contribution in [2.45, 2.75) is 13.3 Å². The normalized spacial score (nSPS) is 10.9. The second-order valence-corrected chi connectivity index (χ2v) is 4.42. The van der Waals surface area contributed by atoms with E-state index in [9.17, 15) is 0 Å². The molecule has 0 radical (unpaired) electrons. The molecule has 0 aliphatic carbocycles. The largest absolute Gasteiger partial charge is 0.461 e. The summed E-state index contributed by atoms with van der Waals surface area (Å²) >= 11 is 0. The summed E-state index contributed by atoms with van der Waals surface area (Å²) in [6, 6.07) is 18.8. The molecule has 1 heterocycles. The fourth-order valence-corrected chi connectivity index (χ4v) is 2.10. The maximum absolute atomic E-state index is 5.83. The molecular formula is C16H14O. The van der Waals surface area contributed by atoms with Gasteiger partial charge in [-0.1, -0.05) is 42.0 Å². The minimum absolute atomic E-state index is 0.856. The molecule has 0 saturated carbocycles. The van der Waals surface area contributed by atoms with Crippen LogP contribution in [0.1, 0.15) is 16.9 Å². The molecule has 1 nitrogen and oxygen atoms in total. The van der Waals surface area contributed by atoms with Crippen molar-refractivity contribution in [3.8, 4) is 0 Å². The molecule has 0 fully saturated rings. The average Bonchev–Trinajstić information content (AvgIpc) is 2.71. The molecule has 0 aliphatic heterocycles. The third-order valence-electron chi connectivity index (χ3n) is 2.94. The van der Waals surface area contributed by atoms with E-state index in [1.165, 1.54) is 16.5 Å². The molecule has 0 saturated heterocycles. The van der Waals surface area contributed by atoms with E-state index < -0.39 is 0 Å². The van der Waals surface area contributed by atoms with Crippen LogP contribution in [0.4, 0.5) is 0 Å². The van der Waals surface area contributed by atoms with Crippen molar-refractivity contribution in [1.82, 2.24) is 0 Å². The van der Waals surface area contributed by atoms with Gasteiger partial charge < -0.3 is 4.42 Å². The van der Waals surface area contributed by atoms with Gasteiger partial charge >= 0.3 is 0 Å². The summed E-state index contributed by atoms with van der Waals surface area (Å²) in [6.45, 7) is 2.10. The molecule has 0 unspecified atom stereocenters. The third-order valence-corrected chi connectivity index (χ3v) is 2.94. The van der Waals surface area contributed by atoms with E-state index in [1.54, 1.807) is 0 Å². The quantitative estimate of drug-likeness (QED) is 0.629. The number of aryl methyl sites for hydroxylation is 1. The minimum Gasteiger partial charge on any atom is -0.461 e. The van der Waals surface area contributed by atoms with Gasteiger partial charge in [-0.15, -0.1) is 0 Å². The standard InChI is InChI=1S/C16H14O/c1-12-7-8-16-14(9-12)11-15(17-16)10-13-5-3-2-4-6-13/h2-9,11H,10H2,1H3. The van der Waals surface area contributed by atoms with Gasteiger partial charge in [0.25, 0.3) is 0 Å². The number of benzene rings is 2. The molecule has 0 aliphatic rings. The van der Waals surface area contributed by atoms with E-state index in [1.807, 2.05) is 12.1 Å². The zero-order chi connectivity index (χ0) is 11.7. The molecule has 0 N–H and O–H groups in total. The monoisotopic (exact) mass is 222 g/mol. The molecular weight excluding hydrogens is 208 g/mol. The van der Waals surface area contributed by atoms with Gasteiger partial charge in [0, 0.05) is 11.8 Å². The van der Waals surface area contributed by atoms with E-state index in [2.05, 4.69) is 49.4 Å². The van der Waals surface area contributed by atoms with Gasteiger partial charge in [0.15, 0.2) is 0 Å². The van der Waals surface area contributed by atoms with Crippen LogP contribution in [0.5, 0.6) is 0 Å². The summed E-state index contributed by atoms with van der Waals surface area (Å²) < 4.78 is 5.83. The summed E-state index contributed by atoms with van der Waals surface area (Å²) in [5.74, 6) is 1.02. The van der Waals surface area contributed by atoms with Crippen LogP contribution in [0, 0.1) is 6.92 Å². The van der Waals surface area contributed by atoms with Crippen molar-refractivity contribution < 1.29 is 4.42 Å². The predicted octanol–water partition coefficient (Wildman–Crippen LogP) is 4.33. The van der Waals surface area contributed by atoms with Crippen LogP contribution in [0.3, 0.4) is 0 Å². The first kappa shape index (κ1) is 10.2. The lowest BCUT2D eigenvalue weighted by atomic mass is 10.1. The van der Waals surface area contributed by atoms with Gasteiger partial charge in [-0.2, -0.15) is 0 Å². The Balaban J connectivity index is 1.96. The van der Waals surface area contributed by atoms with Crippen molar-refractivity contribution in [2.24, 2.45) is 0 Å². The molecule has 1 heteroatoms. The molecule has 3 rings (SSSR count). The smallest absolute Gasteiger partial charge is 0.134 e. The van der Waals surface area contributed by atoms with Crippen LogP contribution >= 0.6 is 0 Å². The lowest BCUT2D eigenvalue weighted by Gasteiger charge is -1.96. The number of hydrogen-bond acceptors (Lipinski definition) is 1. The summed E-state index contributed by atoms with van der Waals surface area (Å²) in [5, 5.41) is 1.19. The molecule has 3 aromatic rings. The fourth-order valence-electron chi connectivity index (χ4n) is 2.10. The first-order chi connectivity index (χ1) is 8.31. The molecule has 2 aromatic carbocycles. The summed E-state index contributed by atoms with van der Waals surface area (Å²) in [4.78, 5) is 0. The molecule has 0 amide bonds. The number of furan rings is 1. The third kappa shape index (κ3) is 2.09. The van der Waals surface area contributed by atoms with E-state index in [-0.39, 0.29) is 0 Å². The Morgan fingerprint density at radius 2 is 1.76 bits per heavy atom. The highest BCUT2D eigenvalue weighted by atomic mass is 16.3. The Morgan fingerprint density at radius 1 is 0.941 bits per heavy atom. The van der Waals surface area contributed by atoms with E-state index >= 15 is 0 Å². The van der Waals surface area contributed by atoms with Crippen molar-refractivity contribution in [1.29, 1.82) is 0 Å². The van der Waals surface area contributed by atoms with Crippen LogP contribution in [0.2, 0.25) is 0 Å². The molecule has 0 bridgehead atoms. The topological polar surface area (TPSA) is 13.1 Å². The van der Waals surface area contributed by atoms with Gasteiger partial charge in [0.2, 0.25) is 0 Å². The zero-order valence-electron chi connectivity index (χ0n) is 9.81. The summed E-state index contributed by atoms with van der Waals surface area (Å²) in [6.07, 6.45) is 0.856. The van der Waals surface area contributed by atoms with Gasteiger partial charge in [0.05, 0.1) is 0 Å². The van der Waals surface area contributed by atoms with Crippen molar-refractivity contribution in [2.75, 3.05) is 0 Å². The van der Waals surface area contributed by atoms with E-state index in [0.717, 1.165) is 17.8 Å². The number of rotatable bonds is 2. The van der Waals surface area contributed by atoms with Crippen molar-refractivity contribution in [3.05, 3.63) is 71.5 Å². The Morgan fingerprint density at radius 3 is 2.59 bits per heavy atom. The maximum atomic E-state index is 5.83. The van der Waals surface area contributed by atoms with E-state index in [4.69, 9.17) is 4.42 Å². The Bertz CT molecular complexity index is 635. The highest BCUT2D eigenvalue weighted by molar-refractivity contribution is 5.78. The lowest BCUT2D eigenvalue weighted by molar-refractivity contribution is 0.563. The molecule has 1 aromatic heterocycles. The average molecular weight is 222 g/mol. The Kier molecular flexibility index (Phi) is 2.45. The zero-order valence-corrected chi connectivity index (χ0v) is 9.81. The summed E-state index contributed by atoms with van der Waals surface area (Å²) in [5.41, 5.74) is 3.52. The minimum atomic E-state index is 0.856. The van der Waals surface area contributed by atoms with E-state index in [0.29, 0.717) is 0 Å². The molecule has 17 heavy (non-hydrogen) atoms. The molecule has 84 valence electrons. The molecule has 0 spiro atoms. The maximum Gasteiger partial charge on any atom is 0.134 e. The SMILES string of the molecule is Cc1ccc2oc(Cc3ccccc3)cc2c1. The molecule has 0 atom stereocenters. The number of hydrogen-bond donors (Lipinski definition) is 0. The van der Waals surface area contributed by atoms with Crippen LogP contribution in [-0.2, 0) is 6.42 Å². The second kappa shape index (κ2) is 4.10. The second-order valence-electron chi connectivity index (χ2n) is 4.42. The lowest BCUT2D eigenvalue weighted by Crippen LogP contribution is -1.83. The van der Waals surface area contributed by atoms with Crippen molar-refractivity contribution in [3.63, 3.8) is 0 Å². The Labute approximate surface area is 101 Å². The summed E-state index contributed by atoms with van der Waals surface area (Å²) in [7, 11) is 0. The van der Waals surface area contributed by atoms with Crippen LogP contribution in [-0.4, -0.2) is 0 Å². The highest BCUT2D eigenvalue weighted by Crippen LogP contribution is 2.22. The van der Waals surface area contributed by atoms with Gasteiger partial charge in [-0.25, -0.2) is 0 Å². The van der Waals surface area contributed by atoms with Crippen LogP contribution < -0.4 is 0 Å². The number of fused-ring (bicyclic) bond motifs is 1. The van der Waals surface area contributed by atoms with Crippen LogP contribution in [0.15, 0.2) is 59.0 Å². The first-order valence-corrected chi connectivity index (χ1v) is 5.84. The first-order valence-electron chi connectivity index (χ1n) is 5.84. The predicted molar refractivity (Wildman–Crippen MR) is 70.2 cm³/mol. The Hall–Kier alpha value is -2.02. The highest BCUT2D eigenvalue weighted by Gasteiger charge is 2.04. The van der Waals surface area contributed by atoms with Gasteiger partial charge in [-0.3, -0.25) is 0 Å². The van der Waals surface area contributed by atoms with Crippen LogP contribution in [0.25, 0.3) is 11.0 Å².